The summed E-state index contributed by atoms with van der Waals surface area (Å²) < 4.78 is 68.3. The molecule has 2 aliphatic rings. The predicted octanol–water partition coefficient (Wildman–Crippen LogP) is 3.66. The number of carbonyl (C=O) groups is 1. The van der Waals surface area contributed by atoms with Crippen LogP contribution in [0, 0.1) is 0 Å². The lowest BCUT2D eigenvalue weighted by Crippen LogP contribution is -2.70. The molecule has 1 aliphatic heterocycles. The molecule has 3 N–H and O–H groups in total. The molecular formula is C24H28F3N3O3S. The largest absolute Gasteiger partial charge is 0.511 e. The molecule has 10 heteroatoms. The van der Waals surface area contributed by atoms with Crippen LogP contribution in [-0.2, 0) is 25.9 Å². The van der Waals surface area contributed by atoms with Crippen LogP contribution in [0.1, 0.15) is 49.7 Å². The number of rotatable bonds is 6. The quantitative estimate of drug-likeness (QED) is 0.571. The van der Waals surface area contributed by atoms with E-state index in [-0.39, 0.29) is 18.7 Å². The van der Waals surface area contributed by atoms with Crippen LogP contribution >= 0.6 is 0 Å². The second-order valence-corrected chi connectivity index (χ2v) is 10.6. The summed E-state index contributed by atoms with van der Waals surface area (Å²) in [5.74, 6) is -0.352. The Labute approximate surface area is 197 Å². The molecule has 1 heterocycles. The van der Waals surface area contributed by atoms with Gasteiger partial charge in [0.05, 0.1) is 17.1 Å². The minimum absolute atomic E-state index is 0.0829. The van der Waals surface area contributed by atoms with Crippen molar-refractivity contribution in [2.24, 2.45) is 0 Å². The standard InChI is InChI=1S/C24H28F3N3O3S/c25-24(26,27)34(32,33)30-23(19-12-5-2-6-13-19)16-8-7-15-22(23,18-10-3-1-4-11-18)29-21(31)20-14-9-17-28-20/h1-6,10-13,20,28,30H,7-9,14-17H2,(H,29,31)/t20-,22+,23-/m1/s1. The molecule has 0 aromatic heterocycles. The normalized spacial score (nSPS) is 27.9. The van der Waals surface area contributed by atoms with Crippen LogP contribution in [0.5, 0.6) is 0 Å². The van der Waals surface area contributed by atoms with Gasteiger partial charge >= 0.3 is 15.5 Å². The lowest BCUT2D eigenvalue weighted by Gasteiger charge is -2.55. The van der Waals surface area contributed by atoms with E-state index in [0.717, 1.165) is 6.42 Å². The molecule has 1 amide bonds. The molecule has 0 bridgehead atoms. The topological polar surface area (TPSA) is 87.3 Å². The van der Waals surface area contributed by atoms with Crippen molar-refractivity contribution < 1.29 is 26.4 Å². The molecule has 4 rings (SSSR count). The summed E-state index contributed by atoms with van der Waals surface area (Å²) in [6.45, 7) is 0.668. The monoisotopic (exact) mass is 495 g/mol. The van der Waals surface area contributed by atoms with Crippen molar-refractivity contribution in [3.05, 3.63) is 71.8 Å². The Balaban J connectivity index is 1.96. The number of alkyl halides is 3. The maximum atomic E-state index is 13.7. The number of hydrogen-bond donors (Lipinski definition) is 3. The Morgan fingerprint density at radius 3 is 1.91 bits per heavy atom. The number of carbonyl (C=O) groups excluding carboxylic acids is 1. The van der Waals surface area contributed by atoms with Gasteiger partial charge in [-0.25, -0.2) is 8.42 Å². The molecule has 3 atom stereocenters. The third-order valence-corrected chi connectivity index (χ3v) is 8.17. The molecule has 6 nitrogen and oxygen atoms in total. The van der Waals surface area contributed by atoms with E-state index in [1.807, 2.05) is 0 Å². The number of amides is 1. The Hall–Kier alpha value is -2.43. The average molecular weight is 496 g/mol. The maximum absolute atomic E-state index is 13.7. The first kappa shape index (κ1) is 24.7. The van der Waals surface area contributed by atoms with Gasteiger partial charge in [-0.05, 0) is 43.4 Å². The summed E-state index contributed by atoms with van der Waals surface area (Å²) in [4.78, 5) is 13.4. The van der Waals surface area contributed by atoms with Gasteiger partial charge in [0.15, 0.2) is 0 Å². The zero-order valence-electron chi connectivity index (χ0n) is 18.6. The fourth-order valence-corrected chi connectivity index (χ4v) is 6.33. The van der Waals surface area contributed by atoms with Crippen molar-refractivity contribution in [3.8, 4) is 0 Å². The van der Waals surface area contributed by atoms with Gasteiger partial charge in [-0.3, -0.25) is 4.79 Å². The van der Waals surface area contributed by atoms with Crippen LogP contribution in [0.4, 0.5) is 13.2 Å². The molecule has 1 aliphatic carbocycles. The van der Waals surface area contributed by atoms with Crippen molar-refractivity contribution in [1.82, 2.24) is 15.4 Å². The smallest absolute Gasteiger partial charge is 0.343 e. The van der Waals surface area contributed by atoms with E-state index < -0.39 is 32.7 Å². The van der Waals surface area contributed by atoms with Crippen LogP contribution < -0.4 is 15.4 Å². The molecule has 1 saturated heterocycles. The minimum Gasteiger partial charge on any atom is -0.343 e. The van der Waals surface area contributed by atoms with Crippen LogP contribution in [0.25, 0.3) is 0 Å². The summed E-state index contributed by atoms with van der Waals surface area (Å²) >= 11 is 0. The molecule has 0 spiro atoms. The van der Waals surface area contributed by atoms with Crippen LogP contribution in [0.2, 0.25) is 0 Å². The van der Waals surface area contributed by atoms with Crippen molar-refractivity contribution in [3.63, 3.8) is 0 Å². The molecule has 2 aromatic rings. The van der Waals surface area contributed by atoms with Gasteiger partial charge in [0.25, 0.3) is 0 Å². The number of hydrogen-bond acceptors (Lipinski definition) is 4. The highest BCUT2D eigenvalue weighted by molar-refractivity contribution is 7.90. The first-order chi connectivity index (χ1) is 16.1. The Morgan fingerprint density at radius 1 is 0.882 bits per heavy atom. The van der Waals surface area contributed by atoms with E-state index in [4.69, 9.17) is 0 Å². The highest BCUT2D eigenvalue weighted by Crippen LogP contribution is 2.52. The molecule has 0 unspecified atom stereocenters. The van der Waals surface area contributed by atoms with E-state index >= 15 is 0 Å². The van der Waals surface area contributed by atoms with Crippen LogP contribution in [-0.4, -0.2) is 32.4 Å². The summed E-state index contributed by atoms with van der Waals surface area (Å²) in [5, 5.41) is 6.18. The summed E-state index contributed by atoms with van der Waals surface area (Å²) in [6, 6.07) is 16.5. The average Bonchev–Trinajstić information content (AvgIpc) is 3.36. The van der Waals surface area contributed by atoms with E-state index in [9.17, 15) is 26.4 Å². The third-order valence-electron chi connectivity index (χ3n) is 6.94. The van der Waals surface area contributed by atoms with E-state index in [1.54, 1.807) is 60.7 Å². The lowest BCUT2D eigenvalue weighted by molar-refractivity contribution is -0.127. The SMILES string of the molecule is O=C(N[C@]1(c2ccccc2)CCCC[C@@]1(NS(=O)(=O)C(F)(F)F)c1ccccc1)[C@H]1CCCN1. The minimum atomic E-state index is -5.75. The lowest BCUT2D eigenvalue weighted by atomic mass is 9.61. The number of nitrogens with one attached hydrogen (secondary N) is 3. The molecule has 2 fully saturated rings. The van der Waals surface area contributed by atoms with Gasteiger partial charge in [-0.15, -0.1) is 0 Å². The molecule has 184 valence electrons. The summed E-state index contributed by atoms with van der Waals surface area (Å²) in [6.07, 6.45) is 2.85. The van der Waals surface area contributed by atoms with Crippen molar-refractivity contribution in [1.29, 1.82) is 0 Å². The van der Waals surface area contributed by atoms with Crippen LogP contribution in [0.15, 0.2) is 60.7 Å². The van der Waals surface area contributed by atoms with Crippen LogP contribution in [0.3, 0.4) is 0 Å². The number of benzene rings is 2. The fraction of sp³-hybridized carbons (Fsp3) is 0.458. The zero-order chi connectivity index (χ0) is 24.5. The molecule has 2 aromatic carbocycles. The molecule has 0 radical (unpaired) electrons. The van der Waals surface area contributed by atoms with Crippen molar-refractivity contribution in [2.45, 2.75) is 61.2 Å². The van der Waals surface area contributed by atoms with Gasteiger partial charge in [0.2, 0.25) is 5.91 Å². The highest BCUT2D eigenvalue weighted by atomic mass is 32.2. The van der Waals surface area contributed by atoms with Gasteiger partial charge < -0.3 is 10.6 Å². The second kappa shape index (κ2) is 9.31. The highest BCUT2D eigenvalue weighted by Gasteiger charge is 2.61. The fourth-order valence-electron chi connectivity index (χ4n) is 5.37. The molecule has 34 heavy (non-hydrogen) atoms. The van der Waals surface area contributed by atoms with E-state index in [2.05, 4.69) is 15.4 Å². The maximum Gasteiger partial charge on any atom is 0.511 e. The van der Waals surface area contributed by atoms with E-state index in [1.165, 1.54) is 0 Å². The third kappa shape index (κ3) is 4.34. The molecular weight excluding hydrogens is 467 g/mol. The Bertz CT molecular complexity index is 1110. The Kier molecular flexibility index (Phi) is 6.76. The first-order valence-electron chi connectivity index (χ1n) is 11.4. The number of halogens is 3. The summed E-state index contributed by atoms with van der Waals surface area (Å²) in [7, 11) is -5.75. The number of sulfonamides is 1. The van der Waals surface area contributed by atoms with Gasteiger partial charge in [-0.2, -0.15) is 17.9 Å². The second-order valence-electron chi connectivity index (χ2n) is 8.94. The van der Waals surface area contributed by atoms with Gasteiger partial charge in [-0.1, -0.05) is 73.5 Å². The van der Waals surface area contributed by atoms with Crippen molar-refractivity contribution >= 4 is 15.9 Å². The zero-order valence-corrected chi connectivity index (χ0v) is 19.4. The first-order valence-corrected chi connectivity index (χ1v) is 12.9. The van der Waals surface area contributed by atoms with Crippen molar-refractivity contribution in [2.75, 3.05) is 6.54 Å². The predicted molar refractivity (Wildman–Crippen MR) is 122 cm³/mol. The van der Waals surface area contributed by atoms with Gasteiger partial charge in [0, 0.05) is 0 Å². The molecule has 1 saturated carbocycles. The van der Waals surface area contributed by atoms with E-state index in [0.29, 0.717) is 36.9 Å². The Morgan fingerprint density at radius 2 is 1.41 bits per heavy atom. The summed E-state index contributed by atoms with van der Waals surface area (Å²) in [5.41, 5.74) is -7.78. The van der Waals surface area contributed by atoms with Gasteiger partial charge in [0.1, 0.15) is 0 Å².